The van der Waals surface area contributed by atoms with Crippen LogP contribution in [-0.2, 0) is 4.79 Å². The minimum Gasteiger partial charge on any atom is -0.505 e. The average molecular weight is 571 g/mol. The van der Waals surface area contributed by atoms with Crippen LogP contribution in [-0.4, -0.2) is 86.9 Å². The van der Waals surface area contributed by atoms with Crippen molar-refractivity contribution in [2.75, 3.05) is 44.7 Å². The van der Waals surface area contributed by atoms with Crippen LogP contribution in [0.25, 0.3) is 22.5 Å². The van der Waals surface area contributed by atoms with E-state index >= 15 is 0 Å². The topological polar surface area (TPSA) is 152 Å². The number of carbonyl (C=O) groups excluding carboxylic acids is 1. The number of anilines is 2. The number of rotatable bonds is 7. The molecule has 1 aliphatic rings. The smallest absolute Gasteiger partial charge is 0.301 e. The van der Waals surface area contributed by atoms with Gasteiger partial charge < -0.3 is 14.7 Å². The average Bonchev–Trinajstić information content (AvgIpc) is 3.58. The van der Waals surface area contributed by atoms with Crippen molar-refractivity contribution < 1.29 is 19.5 Å². The van der Waals surface area contributed by atoms with Crippen LogP contribution in [0.5, 0.6) is 5.75 Å². The number of aromatic hydroxyl groups is 1. The lowest BCUT2D eigenvalue weighted by atomic mass is 10.0. The van der Waals surface area contributed by atoms with Crippen molar-refractivity contribution in [3.8, 4) is 28.3 Å². The van der Waals surface area contributed by atoms with E-state index in [1.165, 1.54) is 5.01 Å². The maximum Gasteiger partial charge on any atom is 0.301 e. The Morgan fingerprint density at radius 2 is 1.71 bits per heavy atom. The number of nitrogens with zero attached hydrogens (tertiary/aromatic N) is 7. The van der Waals surface area contributed by atoms with Gasteiger partial charge in [0.05, 0.1) is 44.8 Å². The second-order valence-electron chi connectivity index (χ2n) is 10.9. The summed E-state index contributed by atoms with van der Waals surface area (Å²) >= 11 is 0. The zero-order chi connectivity index (χ0) is 30.4. The van der Waals surface area contributed by atoms with E-state index in [1.807, 2.05) is 56.3 Å². The molecule has 3 aromatic carbocycles. The molecule has 42 heavy (non-hydrogen) atoms. The standard InChI is InChI=1S/C25H22N8O2.C5H14NO/c1-14-10-11-19(12-15(14)2)33-25(35)22(16(3)30-33)27-26-21-9-5-8-20(23(21)34)17-6-4-7-18(13-17)24-28-31-32-29-24;1-6(2,3)4-5-7/h4-13,26,34H,1-3H3,(H,28,29,31,32);7H,4-5H2,1-3H3/q;+1. The van der Waals surface area contributed by atoms with Crippen molar-refractivity contribution in [1.29, 1.82) is 0 Å². The van der Waals surface area contributed by atoms with Gasteiger partial charge in [-0.2, -0.15) is 15.2 Å². The number of benzene rings is 3. The molecule has 1 aliphatic heterocycles. The molecule has 0 saturated heterocycles. The minimum absolute atomic E-state index is 0.00394. The molecular weight excluding hydrogens is 534 g/mol. The Labute approximate surface area is 244 Å². The fourth-order valence-corrected chi connectivity index (χ4v) is 4.06. The first kappa shape index (κ1) is 30.0. The van der Waals surface area contributed by atoms with Gasteiger partial charge in [0.2, 0.25) is 0 Å². The molecule has 4 N–H and O–H groups in total. The van der Waals surface area contributed by atoms with Crippen molar-refractivity contribution >= 4 is 28.7 Å². The molecule has 0 unspecified atom stereocenters. The Morgan fingerprint density at radius 1 is 0.976 bits per heavy atom. The Balaban J connectivity index is 0.000000517. The number of para-hydroxylation sites is 1. The number of carbonyl (C=O) groups is 1. The van der Waals surface area contributed by atoms with Crippen LogP contribution >= 0.6 is 0 Å². The number of aromatic nitrogens is 4. The first-order valence-electron chi connectivity index (χ1n) is 13.4. The number of hydrogen-bond donors (Lipinski definition) is 4. The maximum atomic E-state index is 13.0. The van der Waals surface area contributed by atoms with Crippen LogP contribution in [0.2, 0.25) is 0 Å². The second-order valence-corrected chi connectivity index (χ2v) is 10.9. The van der Waals surface area contributed by atoms with Crippen molar-refractivity contribution in [2.24, 2.45) is 10.2 Å². The van der Waals surface area contributed by atoms with Crippen LogP contribution in [0.1, 0.15) is 18.1 Å². The monoisotopic (exact) mass is 570 g/mol. The van der Waals surface area contributed by atoms with Crippen molar-refractivity contribution in [1.82, 2.24) is 20.6 Å². The van der Waals surface area contributed by atoms with Crippen molar-refractivity contribution in [3.63, 3.8) is 0 Å². The van der Waals surface area contributed by atoms with Gasteiger partial charge in [0.1, 0.15) is 12.3 Å². The summed E-state index contributed by atoms with van der Waals surface area (Å²) in [6.45, 7) is 6.84. The minimum atomic E-state index is -0.345. The number of hydrazone groups is 2. The molecule has 12 nitrogen and oxygen atoms in total. The first-order valence-corrected chi connectivity index (χ1v) is 13.4. The summed E-state index contributed by atoms with van der Waals surface area (Å²) in [6, 6.07) is 18.4. The molecule has 1 aromatic heterocycles. The van der Waals surface area contributed by atoms with Gasteiger partial charge in [0.25, 0.3) is 0 Å². The fourth-order valence-electron chi connectivity index (χ4n) is 4.06. The lowest BCUT2D eigenvalue weighted by Crippen LogP contribution is -2.36. The largest absolute Gasteiger partial charge is 0.505 e. The van der Waals surface area contributed by atoms with Gasteiger partial charge in [-0.1, -0.05) is 36.4 Å². The molecule has 0 radical (unpaired) electrons. The SMILES string of the molecule is CC1=NN(c2ccc(C)c(C)c2)C(=O)C1=NNc1cccc(-c2cccc(-c3nnn[nH]3)c2)c1O.C[N+](C)(C)CCO. The van der Waals surface area contributed by atoms with E-state index in [1.54, 1.807) is 25.1 Å². The molecule has 12 heteroatoms. The Hall–Kier alpha value is -4.94. The summed E-state index contributed by atoms with van der Waals surface area (Å²) in [5.74, 6) is 0.174. The van der Waals surface area contributed by atoms with Gasteiger partial charge in [-0.25, -0.2) is 5.10 Å². The van der Waals surface area contributed by atoms with E-state index in [9.17, 15) is 9.90 Å². The number of likely N-dealkylation sites (N-methyl/N-ethyl adjacent to an activating group) is 1. The predicted octanol–water partition coefficient (Wildman–Crippen LogP) is 3.73. The van der Waals surface area contributed by atoms with E-state index in [0.717, 1.165) is 33.3 Å². The lowest BCUT2D eigenvalue weighted by Gasteiger charge is -2.21. The van der Waals surface area contributed by atoms with E-state index in [0.29, 0.717) is 28.5 Å². The summed E-state index contributed by atoms with van der Waals surface area (Å²) in [7, 11) is 6.16. The van der Waals surface area contributed by atoms with Gasteiger partial charge >= 0.3 is 5.91 Å². The first-order chi connectivity index (χ1) is 20.0. The summed E-state index contributed by atoms with van der Waals surface area (Å²) in [6.07, 6.45) is 0. The summed E-state index contributed by atoms with van der Waals surface area (Å²) in [5.41, 5.74) is 8.84. The quantitative estimate of drug-likeness (QED) is 0.150. The molecule has 2 heterocycles. The summed E-state index contributed by atoms with van der Waals surface area (Å²) in [5, 5.41) is 43.2. The maximum absolute atomic E-state index is 13.0. The third kappa shape index (κ3) is 7.03. The highest BCUT2D eigenvalue weighted by Crippen LogP contribution is 2.36. The molecule has 0 spiro atoms. The number of H-pyrrole nitrogens is 1. The van der Waals surface area contributed by atoms with Gasteiger partial charge in [0.15, 0.2) is 11.5 Å². The molecule has 4 aromatic rings. The predicted molar refractivity (Wildman–Crippen MR) is 164 cm³/mol. The molecule has 1 amide bonds. The number of phenols is 1. The molecule has 0 saturated carbocycles. The number of nitrogens with one attached hydrogen (secondary N) is 2. The molecular formula is C30H36N9O3+. The molecule has 0 atom stereocenters. The number of aliphatic hydroxyl groups is 1. The molecule has 0 aliphatic carbocycles. The Bertz CT molecular complexity index is 1620. The highest BCUT2D eigenvalue weighted by molar-refractivity contribution is 6.71. The zero-order valence-electron chi connectivity index (χ0n) is 24.6. The van der Waals surface area contributed by atoms with Gasteiger partial charge in [0, 0.05) is 11.1 Å². The van der Waals surface area contributed by atoms with Crippen LogP contribution in [0.3, 0.4) is 0 Å². The zero-order valence-corrected chi connectivity index (χ0v) is 24.6. The number of aliphatic hydroxyl groups excluding tert-OH is 1. The summed E-state index contributed by atoms with van der Waals surface area (Å²) in [4.78, 5) is 13.0. The van der Waals surface area contributed by atoms with Gasteiger partial charge in [-0.15, -0.1) is 5.10 Å². The Morgan fingerprint density at radius 3 is 2.36 bits per heavy atom. The van der Waals surface area contributed by atoms with Crippen LogP contribution in [0.4, 0.5) is 11.4 Å². The number of aryl methyl sites for hydroxylation is 2. The van der Waals surface area contributed by atoms with Crippen LogP contribution in [0, 0.1) is 13.8 Å². The molecule has 218 valence electrons. The van der Waals surface area contributed by atoms with Gasteiger partial charge in [-0.05, 0) is 72.2 Å². The van der Waals surface area contributed by atoms with E-state index in [4.69, 9.17) is 5.11 Å². The van der Waals surface area contributed by atoms with E-state index in [-0.39, 0.29) is 24.0 Å². The number of quaternary nitrogens is 1. The number of tetrazole rings is 1. The Kier molecular flexibility index (Phi) is 9.09. The molecule has 5 rings (SSSR count). The highest BCUT2D eigenvalue weighted by atomic mass is 16.3. The van der Waals surface area contributed by atoms with E-state index in [2.05, 4.69) is 57.4 Å². The number of phenolic OH excluding ortho intramolecular Hbond substituents is 1. The third-order valence-electron chi connectivity index (χ3n) is 6.61. The number of hydrogen-bond acceptors (Lipinski definition) is 9. The van der Waals surface area contributed by atoms with Crippen molar-refractivity contribution in [3.05, 3.63) is 71.8 Å². The third-order valence-corrected chi connectivity index (χ3v) is 6.61. The second kappa shape index (κ2) is 12.7. The number of aromatic amines is 1. The lowest BCUT2D eigenvalue weighted by molar-refractivity contribution is -0.870. The normalized spacial score (nSPS) is 14.1. The number of amides is 1. The fraction of sp³-hybridized carbons (Fsp3) is 0.267. The van der Waals surface area contributed by atoms with Crippen LogP contribution < -0.4 is 10.4 Å². The molecule has 0 bridgehead atoms. The highest BCUT2D eigenvalue weighted by Gasteiger charge is 2.31. The van der Waals surface area contributed by atoms with E-state index < -0.39 is 0 Å². The molecule has 0 fully saturated rings. The van der Waals surface area contributed by atoms with Gasteiger partial charge in [-0.3, -0.25) is 10.2 Å². The summed E-state index contributed by atoms with van der Waals surface area (Å²) < 4.78 is 0.844. The van der Waals surface area contributed by atoms with Crippen molar-refractivity contribution in [2.45, 2.75) is 20.8 Å². The van der Waals surface area contributed by atoms with Crippen LogP contribution in [0.15, 0.2) is 70.9 Å².